The quantitative estimate of drug-likeness (QED) is 0.509. The highest BCUT2D eigenvalue weighted by Gasteiger charge is 2.14. The highest BCUT2D eigenvalue weighted by molar-refractivity contribution is 7.99. The molecular weight excluding hydrogens is 320 g/mol. The molecule has 0 amide bonds. The molecule has 0 aliphatic heterocycles. The lowest BCUT2D eigenvalue weighted by Gasteiger charge is -2.10. The van der Waals surface area contributed by atoms with Crippen LogP contribution in [0.3, 0.4) is 0 Å². The molecule has 0 unspecified atom stereocenters. The Kier molecular flexibility index (Phi) is 5.11. The van der Waals surface area contributed by atoms with Gasteiger partial charge in [-0.3, -0.25) is 0 Å². The van der Waals surface area contributed by atoms with Crippen molar-refractivity contribution >= 4 is 28.8 Å². The van der Waals surface area contributed by atoms with Gasteiger partial charge < -0.3 is 4.74 Å². The van der Waals surface area contributed by atoms with Crippen LogP contribution < -0.4 is 0 Å². The fourth-order valence-corrected chi connectivity index (χ4v) is 3.18. The lowest BCUT2D eigenvalue weighted by Crippen LogP contribution is -2.09. The molecule has 0 saturated carbocycles. The van der Waals surface area contributed by atoms with Crippen LogP contribution >= 0.6 is 11.8 Å². The summed E-state index contributed by atoms with van der Waals surface area (Å²) in [5.41, 5.74) is 3.70. The molecule has 0 bridgehead atoms. The third-order valence-corrected chi connectivity index (χ3v) is 4.55. The highest BCUT2D eigenvalue weighted by atomic mass is 32.2. The topological polar surface area (TPSA) is 52.1 Å². The first-order valence-electron chi connectivity index (χ1n) is 7.80. The van der Waals surface area contributed by atoms with E-state index in [0.717, 1.165) is 27.4 Å². The van der Waals surface area contributed by atoms with Gasteiger partial charge in [-0.05, 0) is 36.9 Å². The second kappa shape index (κ2) is 7.45. The predicted molar refractivity (Wildman–Crippen MR) is 96.2 cm³/mol. The van der Waals surface area contributed by atoms with Gasteiger partial charge in [-0.1, -0.05) is 31.2 Å². The van der Waals surface area contributed by atoms with Gasteiger partial charge in [0.1, 0.15) is 6.61 Å². The number of fused-ring (bicyclic) bond motifs is 1. The van der Waals surface area contributed by atoms with E-state index in [4.69, 9.17) is 4.74 Å². The Hall–Kier alpha value is -2.40. The molecule has 0 fully saturated rings. The van der Waals surface area contributed by atoms with Crippen molar-refractivity contribution < 1.29 is 9.53 Å². The van der Waals surface area contributed by atoms with Crippen LogP contribution in [0, 0.1) is 6.92 Å². The van der Waals surface area contributed by atoms with Crippen LogP contribution in [-0.4, -0.2) is 21.7 Å². The van der Waals surface area contributed by atoms with Gasteiger partial charge in [0.15, 0.2) is 0 Å². The standard InChI is InChI=1S/C19H18N2O2S/c1-3-24-18-11-7-4-8-14(18)19(22)23-12-17-13(2)20-15-9-5-6-10-16(15)21-17/h4-11H,3,12H2,1-2H3. The average molecular weight is 338 g/mol. The molecule has 0 spiro atoms. The van der Waals surface area contributed by atoms with E-state index in [2.05, 4.69) is 16.9 Å². The zero-order valence-corrected chi connectivity index (χ0v) is 14.5. The highest BCUT2D eigenvalue weighted by Crippen LogP contribution is 2.23. The number of hydrogen-bond donors (Lipinski definition) is 0. The predicted octanol–water partition coefficient (Wildman–Crippen LogP) is 4.41. The lowest BCUT2D eigenvalue weighted by atomic mass is 10.2. The summed E-state index contributed by atoms with van der Waals surface area (Å²) in [6, 6.07) is 15.2. The monoisotopic (exact) mass is 338 g/mol. The van der Waals surface area contributed by atoms with Gasteiger partial charge in [0.25, 0.3) is 0 Å². The SMILES string of the molecule is CCSc1ccccc1C(=O)OCc1nc2ccccc2nc1C. The first-order chi connectivity index (χ1) is 11.7. The summed E-state index contributed by atoms with van der Waals surface area (Å²) in [5.74, 6) is 0.570. The summed E-state index contributed by atoms with van der Waals surface area (Å²) in [6.45, 7) is 4.05. The maximum atomic E-state index is 12.4. The Balaban J connectivity index is 1.78. The summed E-state index contributed by atoms with van der Waals surface area (Å²) < 4.78 is 5.48. The van der Waals surface area contributed by atoms with Crippen LogP contribution in [0.2, 0.25) is 0 Å². The van der Waals surface area contributed by atoms with Crippen LogP contribution in [0.4, 0.5) is 0 Å². The van der Waals surface area contributed by atoms with Crippen LogP contribution in [0.5, 0.6) is 0 Å². The van der Waals surface area contributed by atoms with E-state index in [1.165, 1.54) is 0 Å². The van der Waals surface area contributed by atoms with Crippen molar-refractivity contribution in [2.24, 2.45) is 0 Å². The third-order valence-electron chi connectivity index (χ3n) is 3.59. The molecule has 24 heavy (non-hydrogen) atoms. The van der Waals surface area contributed by atoms with Crippen molar-refractivity contribution in [2.45, 2.75) is 25.3 Å². The summed E-state index contributed by atoms with van der Waals surface area (Å²) >= 11 is 1.63. The van der Waals surface area contributed by atoms with Crippen molar-refractivity contribution in [3.63, 3.8) is 0 Å². The molecule has 1 heterocycles. The molecule has 2 aromatic carbocycles. The zero-order chi connectivity index (χ0) is 16.9. The molecule has 0 aliphatic rings. The molecule has 5 heteroatoms. The molecule has 0 N–H and O–H groups in total. The summed E-state index contributed by atoms with van der Waals surface area (Å²) in [4.78, 5) is 22.4. The molecule has 0 radical (unpaired) electrons. The minimum atomic E-state index is -0.332. The van der Waals surface area contributed by atoms with Gasteiger partial charge in [0, 0.05) is 4.90 Å². The maximum Gasteiger partial charge on any atom is 0.339 e. The van der Waals surface area contributed by atoms with E-state index in [9.17, 15) is 4.79 Å². The molecule has 122 valence electrons. The van der Waals surface area contributed by atoms with Crippen molar-refractivity contribution in [3.8, 4) is 0 Å². The van der Waals surface area contributed by atoms with Gasteiger partial charge >= 0.3 is 5.97 Å². The fraction of sp³-hybridized carbons (Fsp3) is 0.211. The lowest BCUT2D eigenvalue weighted by molar-refractivity contribution is 0.0463. The molecule has 0 saturated heterocycles. The van der Waals surface area contributed by atoms with E-state index in [-0.39, 0.29) is 12.6 Å². The summed E-state index contributed by atoms with van der Waals surface area (Å²) in [5, 5.41) is 0. The van der Waals surface area contributed by atoms with Crippen LogP contribution in [0.25, 0.3) is 11.0 Å². The van der Waals surface area contributed by atoms with Crippen LogP contribution in [0.1, 0.15) is 28.7 Å². The minimum Gasteiger partial charge on any atom is -0.455 e. The molecule has 1 aromatic heterocycles. The van der Waals surface area contributed by atoms with Crippen molar-refractivity contribution in [3.05, 3.63) is 65.5 Å². The number of benzene rings is 2. The molecule has 4 nitrogen and oxygen atoms in total. The number of thioether (sulfide) groups is 1. The molecule has 0 aliphatic carbocycles. The molecular formula is C19H18N2O2S. The number of rotatable bonds is 5. The van der Waals surface area contributed by atoms with E-state index in [1.54, 1.807) is 17.8 Å². The zero-order valence-electron chi connectivity index (χ0n) is 13.7. The van der Waals surface area contributed by atoms with Crippen molar-refractivity contribution in [2.75, 3.05) is 5.75 Å². The normalized spacial score (nSPS) is 10.8. The Labute approximate surface area is 145 Å². The van der Waals surface area contributed by atoms with Gasteiger partial charge in [-0.25, -0.2) is 14.8 Å². The number of ether oxygens (including phenoxy) is 1. The summed E-state index contributed by atoms with van der Waals surface area (Å²) in [7, 11) is 0. The second-order valence-corrected chi connectivity index (χ2v) is 6.56. The Bertz CT molecular complexity index is 880. The minimum absolute atomic E-state index is 0.119. The Morgan fingerprint density at radius 3 is 2.46 bits per heavy atom. The first-order valence-corrected chi connectivity index (χ1v) is 8.79. The average Bonchev–Trinajstić information content (AvgIpc) is 2.60. The first kappa shape index (κ1) is 16.5. The number of hydrogen-bond acceptors (Lipinski definition) is 5. The molecule has 3 rings (SSSR count). The Morgan fingerprint density at radius 1 is 1.04 bits per heavy atom. The van der Waals surface area contributed by atoms with E-state index in [0.29, 0.717) is 11.3 Å². The Morgan fingerprint density at radius 2 is 1.71 bits per heavy atom. The number of carbonyl (C=O) groups is 1. The second-order valence-electron chi connectivity index (χ2n) is 5.25. The van der Waals surface area contributed by atoms with E-state index >= 15 is 0 Å². The third kappa shape index (κ3) is 3.57. The van der Waals surface area contributed by atoms with Gasteiger partial charge in [0.05, 0.1) is 28.0 Å². The number of nitrogens with zero attached hydrogens (tertiary/aromatic N) is 2. The number of aryl methyl sites for hydroxylation is 1. The number of esters is 1. The van der Waals surface area contributed by atoms with Crippen molar-refractivity contribution in [1.29, 1.82) is 0 Å². The fourth-order valence-electron chi connectivity index (χ4n) is 2.39. The smallest absolute Gasteiger partial charge is 0.339 e. The van der Waals surface area contributed by atoms with E-state index < -0.39 is 0 Å². The van der Waals surface area contributed by atoms with E-state index in [1.807, 2.05) is 49.4 Å². The van der Waals surface area contributed by atoms with Gasteiger partial charge in [0.2, 0.25) is 0 Å². The molecule has 3 aromatic rings. The van der Waals surface area contributed by atoms with Gasteiger partial charge in [-0.15, -0.1) is 11.8 Å². The number of carbonyl (C=O) groups excluding carboxylic acids is 1. The molecule has 0 atom stereocenters. The van der Waals surface area contributed by atoms with Crippen LogP contribution in [0.15, 0.2) is 53.4 Å². The summed E-state index contributed by atoms with van der Waals surface area (Å²) in [6.07, 6.45) is 0. The maximum absolute atomic E-state index is 12.4. The largest absolute Gasteiger partial charge is 0.455 e. The number of para-hydroxylation sites is 2. The van der Waals surface area contributed by atoms with Gasteiger partial charge in [-0.2, -0.15) is 0 Å². The van der Waals surface area contributed by atoms with Crippen molar-refractivity contribution in [1.82, 2.24) is 9.97 Å². The van der Waals surface area contributed by atoms with Crippen LogP contribution in [-0.2, 0) is 11.3 Å². The number of aromatic nitrogens is 2.